The molecule has 2 fully saturated rings. The lowest BCUT2D eigenvalue weighted by atomic mass is 10.1. The Balaban J connectivity index is 1.96. The molecule has 1 amide bonds. The van der Waals surface area contributed by atoms with Crippen molar-refractivity contribution >= 4 is 11.7 Å². The maximum Gasteiger partial charge on any atom is 0.245 e. The van der Waals surface area contributed by atoms with E-state index in [1.807, 2.05) is 24.1 Å². The molecule has 1 aromatic rings. The minimum atomic E-state index is -0.0908. The van der Waals surface area contributed by atoms with E-state index in [2.05, 4.69) is 22.4 Å². The van der Waals surface area contributed by atoms with Crippen LogP contribution in [0.2, 0.25) is 0 Å². The molecule has 0 bridgehead atoms. The number of aromatic nitrogens is 2. The number of nitrogens with zero attached hydrogens (tertiary/aromatic N) is 3. The van der Waals surface area contributed by atoms with E-state index >= 15 is 0 Å². The fraction of sp³-hybridized carbons (Fsp3) is 0.615. The Morgan fingerprint density at radius 1 is 1.44 bits per heavy atom. The Morgan fingerprint density at radius 2 is 2.28 bits per heavy atom. The van der Waals surface area contributed by atoms with Crippen molar-refractivity contribution in [3.63, 3.8) is 0 Å². The van der Waals surface area contributed by atoms with E-state index in [9.17, 15) is 4.79 Å². The van der Waals surface area contributed by atoms with Gasteiger partial charge in [-0.05, 0) is 50.8 Å². The highest BCUT2D eigenvalue weighted by Crippen LogP contribution is 2.48. The minimum Gasteiger partial charge on any atom is -0.309 e. The smallest absolute Gasteiger partial charge is 0.245 e. The molecule has 96 valence electrons. The van der Waals surface area contributed by atoms with Crippen LogP contribution in [-0.2, 0) is 4.79 Å². The zero-order valence-corrected chi connectivity index (χ0v) is 10.7. The first-order valence-corrected chi connectivity index (χ1v) is 6.50. The Bertz CT molecular complexity index is 450. The monoisotopic (exact) mass is 246 g/mol. The Morgan fingerprint density at radius 3 is 2.94 bits per heavy atom. The van der Waals surface area contributed by atoms with E-state index < -0.39 is 0 Å². The molecule has 1 aliphatic carbocycles. The van der Waals surface area contributed by atoms with Crippen LogP contribution in [0.5, 0.6) is 0 Å². The predicted molar refractivity (Wildman–Crippen MR) is 68.0 cm³/mol. The third-order valence-electron chi connectivity index (χ3n) is 4.23. The molecule has 5 heteroatoms. The molecule has 1 saturated heterocycles. The van der Waals surface area contributed by atoms with Crippen LogP contribution in [-0.4, -0.2) is 35.2 Å². The van der Waals surface area contributed by atoms with Gasteiger partial charge in [0.05, 0.1) is 6.04 Å². The van der Waals surface area contributed by atoms with Crippen molar-refractivity contribution in [1.82, 2.24) is 15.5 Å². The van der Waals surface area contributed by atoms with Gasteiger partial charge in [0, 0.05) is 12.2 Å². The Hall–Kier alpha value is -1.49. The molecule has 3 rings (SSSR count). The largest absolute Gasteiger partial charge is 0.309 e. The van der Waals surface area contributed by atoms with Crippen LogP contribution in [0.1, 0.15) is 19.8 Å². The first-order chi connectivity index (χ1) is 8.72. The van der Waals surface area contributed by atoms with E-state index in [1.165, 1.54) is 6.42 Å². The van der Waals surface area contributed by atoms with Crippen LogP contribution < -0.4 is 10.2 Å². The van der Waals surface area contributed by atoms with Crippen molar-refractivity contribution < 1.29 is 4.79 Å². The maximum atomic E-state index is 12.5. The highest BCUT2D eigenvalue weighted by atomic mass is 16.2. The van der Waals surface area contributed by atoms with Gasteiger partial charge in [-0.2, -0.15) is 5.10 Å². The van der Waals surface area contributed by atoms with E-state index in [1.54, 1.807) is 6.20 Å². The fourth-order valence-electron chi connectivity index (χ4n) is 3.08. The predicted octanol–water partition coefficient (Wildman–Crippen LogP) is 0.826. The van der Waals surface area contributed by atoms with Gasteiger partial charge in [0.1, 0.15) is 0 Å². The zero-order valence-electron chi connectivity index (χ0n) is 10.7. The molecule has 1 aliphatic heterocycles. The number of nitrogens with one attached hydrogen (secondary N) is 1. The van der Waals surface area contributed by atoms with Crippen LogP contribution in [0.25, 0.3) is 0 Å². The summed E-state index contributed by atoms with van der Waals surface area (Å²) in [5.74, 6) is 2.10. The maximum absolute atomic E-state index is 12.5. The molecular formula is C13H18N4O. The summed E-state index contributed by atoms with van der Waals surface area (Å²) in [5, 5.41) is 11.1. The normalized spacial score (nSPS) is 35.0. The van der Waals surface area contributed by atoms with Gasteiger partial charge in [0.25, 0.3) is 0 Å². The van der Waals surface area contributed by atoms with Gasteiger partial charge >= 0.3 is 0 Å². The van der Waals surface area contributed by atoms with Gasteiger partial charge in [-0.3, -0.25) is 9.69 Å². The molecule has 5 nitrogen and oxygen atoms in total. The molecule has 0 aromatic carbocycles. The molecule has 1 saturated carbocycles. The summed E-state index contributed by atoms with van der Waals surface area (Å²) in [6.45, 7) is 2.12. The lowest BCUT2D eigenvalue weighted by Gasteiger charge is -2.29. The molecular weight excluding hydrogens is 228 g/mol. The lowest BCUT2D eigenvalue weighted by Crippen LogP contribution is -2.48. The lowest BCUT2D eigenvalue weighted by molar-refractivity contribution is -0.120. The molecule has 2 heterocycles. The average Bonchev–Trinajstić information content (AvgIpc) is 3.16. The van der Waals surface area contributed by atoms with Crippen LogP contribution in [0, 0.1) is 11.8 Å². The Kier molecular flexibility index (Phi) is 2.78. The molecule has 1 N–H and O–H groups in total. The van der Waals surface area contributed by atoms with Gasteiger partial charge < -0.3 is 5.32 Å². The summed E-state index contributed by atoms with van der Waals surface area (Å²) in [6.07, 6.45) is 3.80. The summed E-state index contributed by atoms with van der Waals surface area (Å²) in [4.78, 5) is 14.4. The molecule has 0 spiro atoms. The standard InChI is InChI=1S/C13H18N4O/c1-8-10-6-9(10)7-11(14-2)13(18)17(8)12-4-3-5-15-16-12/h3-5,8-11,14H,6-7H2,1-2H3. The number of likely N-dealkylation sites (N-methyl/N-ethyl adjacent to an activating group) is 1. The number of carbonyl (C=O) groups excluding carboxylic acids is 1. The SMILES string of the molecule is CNC1CC2CC2C(C)N(c2cccnn2)C1=O. The summed E-state index contributed by atoms with van der Waals surface area (Å²) < 4.78 is 0. The minimum absolute atomic E-state index is 0.0908. The van der Waals surface area contributed by atoms with E-state index in [4.69, 9.17) is 0 Å². The summed E-state index contributed by atoms with van der Waals surface area (Å²) >= 11 is 0. The number of fused-ring (bicyclic) bond motifs is 1. The fourth-order valence-corrected chi connectivity index (χ4v) is 3.08. The first kappa shape index (κ1) is 11.6. The van der Waals surface area contributed by atoms with Gasteiger partial charge in [0.2, 0.25) is 5.91 Å². The summed E-state index contributed by atoms with van der Waals surface area (Å²) in [7, 11) is 1.85. The third kappa shape index (κ3) is 1.79. The van der Waals surface area contributed by atoms with E-state index in [0.717, 1.165) is 6.42 Å². The third-order valence-corrected chi connectivity index (χ3v) is 4.23. The van der Waals surface area contributed by atoms with Crippen LogP contribution >= 0.6 is 0 Å². The van der Waals surface area contributed by atoms with Crippen molar-refractivity contribution in [2.75, 3.05) is 11.9 Å². The second-order valence-corrected chi connectivity index (χ2v) is 5.27. The van der Waals surface area contributed by atoms with E-state index in [0.29, 0.717) is 17.7 Å². The van der Waals surface area contributed by atoms with Crippen molar-refractivity contribution in [3.05, 3.63) is 18.3 Å². The number of carbonyl (C=O) groups is 1. The van der Waals surface area contributed by atoms with Gasteiger partial charge in [-0.1, -0.05) is 0 Å². The van der Waals surface area contributed by atoms with Gasteiger partial charge in [-0.25, -0.2) is 0 Å². The second kappa shape index (κ2) is 4.31. The molecule has 2 aliphatic rings. The highest BCUT2D eigenvalue weighted by molar-refractivity contribution is 5.97. The van der Waals surface area contributed by atoms with Crippen molar-refractivity contribution in [1.29, 1.82) is 0 Å². The number of anilines is 1. The van der Waals surface area contributed by atoms with Gasteiger partial charge in [0.15, 0.2) is 5.82 Å². The molecule has 18 heavy (non-hydrogen) atoms. The highest BCUT2D eigenvalue weighted by Gasteiger charge is 2.50. The summed E-state index contributed by atoms with van der Waals surface area (Å²) in [6, 6.07) is 3.81. The summed E-state index contributed by atoms with van der Waals surface area (Å²) in [5.41, 5.74) is 0. The molecule has 1 aromatic heterocycles. The number of hydrogen-bond donors (Lipinski definition) is 1. The van der Waals surface area contributed by atoms with Crippen molar-refractivity contribution in [2.24, 2.45) is 11.8 Å². The van der Waals surface area contributed by atoms with E-state index in [-0.39, 0.29) is 18.0 Å². The number of hydrogen-bond acceptors (Lipinski definition) is 4. The quantitative estimate of drug-likeness (QED) is 0.839. The van der Waals surface area contributed by atoms with Crippen molar-refractivity contribution in [3.8, 4) is 0 Å². The Labute approximate surface area is 107 Å². The zero-order chi connectivity index (χ0) is 12.7. The molecule has 4 atom stereocenters. The average molecular weight is 246 g/mol. The number of amides is 1. The van der Waals surface area contributed by atoms with Crippen LogP contribution in [0.15, 0.2) is 18.3 Å². The number of rotatable bonds is 2. The molecule has 0 radical (unpaired) electrons. The molecule has 4 unspecified atom stereocenters. The second-order valence-electron chi connectivity index (χ2n) is 5.27. The topological polar surface area (TPSA) is 58.1 Å². The van der Waals surface area contributed by atoms with Gasteiger partial charge in [-0.15, -0.1) is 5.10 Å². The van der Waals surface area contributed by atoms with Crippen LogP contribution in [0.4, 0.5) is 5.82 Å². The van der Waals surface area contributed by atoms with Crippen LogP contribution in [0.3, 0.4) is 0 Å². The van der Waals surface area contributed by atoms with Crippen molar-refractivity contribution in [2.45, 2.75) is 31.8 Å². The first-order valence-electron chi connectivity index (χ1n) is 6.50.